The molecule has 0 amide bonds. The van der Waals surface area contributed by atoms with Crippen LogP contribution in [0.3, 0.4) is 0 Å². The molecule has 0 bridgehead atoms. The maximum absolute atomic E-state index is 12.7. The van der Waals surface area contributed by atoms with Crippen molar-refractivity contribution >= 4 is 11.8 Å². The van der Waals surface area contributed by atoms with Gasteiger partial charge in [0.15, 0.2) is 0 Å². The van der Waals surface area contributed by atoms with Gasteiger partial charge in [0.2, 0.25) is 0 Å². The summed E-state index contributed by atoms with van der Waals surface area (Å²) in [5.41, 5.74) is 0.178. The highest BCUT2D eigenvalue weighted by Crippen LogP contribution is 2.29. The number of benzene rings is 1. The Labute approximate surface area is 123 Å². The van der Waals surface area contributed by atoms with E-state index in [9.17, 15) is 13.2 Å². The molecule has 5 heteroatoms. The third-order valence-corrected chi connectivity index (χ3v) is 3.99. The van der Waals surface area contributed by atoms with Crippen LogP contribution in [0, 0.1) is 0 Å². The van der Waals surface area contributed by atoms with Crippen molar-refractivity contribution in [2.24, 2.45) is 0 Å². The number of thioether (sulfide) groups is 1. The van der Waals surface area contributed by atoms with Crippen LogP contribution in [0.1, 0.15) is 31.4 Å². The lowest BCUT2D eigenvalue weighted by molar-refractivity contribution is -0.137. The Morgan fingerprint density at radius 1 is 1.25 bits per heavy atom. The van der Waals surface area contributed by atoms with Crippen molar-refractivity contribution in [1.82, 2.24) is 5.32 Å². The molecule has 20 heavy (non-hydrogen) atoms. The minimum Gasteiger partial charge on any atom is -0.313 e. The Balaban J connectivity index is 2.71. The highest BCUT2D eigenvalue weighted by molar-refractivity contribution is 7.99. The van der Waals surface area contributed by atoms with E-state index in [1.807, 2.05) is 11.8 Å². The summed E-state index contributed by atoms with van der Waals surface area (Å²) in [4.78, 5) is 0. The Hall–Kier alpha value is -0.680. The van der Waals surface area contributed by atoms with Crippen molar-refractivity contribution in [2.45, 2.75) is 38.9 Å². The number of alkyl halides is 3. The molecule has 1 rings (SSSR count). The predicted octanol–water partition coefficient (Wildman–Crippen LogP) is 4.37. The normalized spacial score (nSPS) is 13.4. The average Bonchev–Trinajstić information content (AvgIpc) is 2.41. The molecule has 0 spiro atoms. The summed E-state index contributed by atoms with van der Waals surface area (Å²) in [5.74, 6) is 1.94. The lowest BCUT2D eigenvalue weighted by Crippen LogP contribution is -2.34. The average molecular weight is 305 g/mol. The predicted molar refractivity (Wildman–Crippen MR) is 80.2 cm³/mol. The SMILES string of the molecule is CCCNC(CSCC)Cc1cccc(C(F)(F)F)c1. The van der Waals surface area contributed by atoms with E-state index in [4.69, 9.17) is 0 Å². The van der Waals surface area contributed by atoms with Crippen LogP contribution in [0.15, 0.2) is 24.3 Å². The molecule has 0 aliphatic rings. The molecule has 1 aromatic rings. The molecular formula is C15H22F3NS. The Morgan fingerprint density at radius 3 is 2.60 bits per heavy atom. The fourth-order valence-corrected chi connectivity index (χ4v) is 2.71. The zero-order chi connectivity index (χ0) is 15.0. The maximum atomic E-state index is 12.7. The van der Waals surface area contributed by atoms with E-state index in [2.05, 4.69) is 19.2 Å². The number of rotatable bonds is 8. The minimum absolute atomic E-state index is 0.225. The highest BCUT2D eigenvalue weighted by atomic mass is 32.2. The molecule has 0 aromatic heterocycles. The molecule has 1 nitrogen and oxygen atoms in total. The largest absolute Gasteiger partial charge is 0.416 e. The Bertz CT molecular complexity index is 385. The molecule has 114 valence electrons. The van der Waals surface area contributed by atoms with Crippen molar-refractivity contribution in [2.75, 3.05) is 18.1 Å². The van der Waals surface area contributed by atoms with E-state index in [0.717, 1.165) is 36.1 Å². The molecule has 0 fully saturated rings. The summed E-state index contributed by atoms with van der Waals surface area (Å²) in [7, 11) is 0. The summed E-state index contributed by atoms with van der Waals surface area (Å²) in [6.45, 7) is 5.07. The number of hydrogen-bond donors (Lipinski definition) is 1. The van der Waals surface area contributed by atoms with Crippen LogP contribution < -0.4 is 5.32 Å². The van der Waals surface area contributed by atoms with Gasteiger partial charge in [-0.05, 0) is 36.8 Å². The fourth-order valence-electron chi connectivity index (χ4n) is 1.96. The van der Waals surface area contributed by atoms with Gasteiger partial charge in [0.05, 0.1) is 5.56 Å². The van der Waals surface area contributed by atoms with E-state index < -0.39 is 11.7 Å². The third kappa shape index (κ3) is 6.18. The Kier molecular flexibility index (Phi) is 7.45. The van der Waals surface area contributed by atoms with E-state index in [-0.39, 0.29) is 6.04 Å². The summed E-state index contributed by atoms with van der Waals surface area (Å²) in [6, 6.07) is 5.87. The van der Waals surface area contributed by atoms with Gasteiger partial charge in [-0.25, -0.2) is 0 Å². The van der Waals surface area contributed by atoms with Gasteiger partial charge >= 0.3 is 6.18 Å². The molecule has 0 radical (unpaired) electrons. The second kappa shape index (κ2) is 8.57. The lowest BCUT2D eigenvalue weighted by Gasteiger charge is -2.18. The van der Waals surface area contributed by atoms with Gasteiger partial charge < -0.3 is 5.32 Å². The van der Waals surface area contributed by atoms with Crippen molar-refractivity contribution in [3.05, 3.63) is 35.4 Å². The van der Waals surface area contributed by atoms with Crippen LogP contribution in [0.2, 0.25) is 0 Å². The van der Waals surface area contributed by atoms with Crippen LogP contribution in [0.5, 0.6) is 0 Å². The van der Waals surface area contributed by atoms with E-state index in [0.29, 0.717) is 6.42 Å². The summed E-state index contributed by atoms with van der Waals surface area (Å²) < 4.78 is 38.1. The third-order valence-electron chi connectivity index (χ3n) is 2.94. The number of nitrogens with one attached hydrogen (secondary N) is 1. The van der Waals surface area contributed by atoms with Crippen molar-refractivity contribution in [3.63, 3.8) is 0 Å². The zero-order valence-electron chi connectivity index (χ0n) is 12.0. The standard InChI is InChI=1S/C15H22F3NS/c1-3-8-19-14(11-20-4-2)10-12-6-5-7-13(9-12)15(16,17)18/h5-7,9,14,19H,3-4,8,10-11H2,1-2H3. The summed E-state index contributed by atoms with van der Waals surface area (Å²) in [5, 5.41) is 3.41. The van der Waals surface area contributed by atoms with Crippen molar-refractivity contribution in [1.29, 1.82) is 0 Å². The van der Waals surface area contributed by atoms with Crippen LogP contribution in [-0.2, 0) is 12.6 Å². The van der Waals surface area contributed by atoms with Gasteiger partial charge in [0.1, 0.15) is 0 Å². The first kappa shape index (κ1) is 17.4. The molecule has 0 aliphatic carbocycles. The lowest BCUT2D eigenvalue weighted by atomic mass is 10.0. The molecule has 1 atom stereocenters. The smallest absolute Gasteiger partial charge is 0.313 e. The van der Waals surface area contributed by atoms with Crippen LogP contribution in [-0.4, -0.2) is 24.1 Å². The van der Waals surface area contributed by atoms with Gasteiger partial charge in [-0.3, -0.25) is 0 Å². The summed E-state index contributed by atoms with van der Waals surface area (Å²) in [6.07, 6.45) is -2.60. The highest BCUT2D eigenvalue weighted by Gasteiger charge is 2.30. The maximum Gasteiger partial charge on any atom is 0.416 e. The molecular weight excluding hydrogens is 283 g/mol. The first-order valence-electron chi connectivity index (χ1n) is 6.94. The molecule has 0 aliphatic heterocycles. The topological polar surface area (TPSA) is 12.0 Å². The van der Waals surface area contributed by atoms with Gasteiger partial charge in [-0.15, -0.1) is 0 Å². The molecule has 0 heterocycles. The van der Waals surface area contributed by atoms with E-state index in [1.54, 1.807) is 6.07 Å². The summed E-state index contributed by atoms with van der Waals surface area (Å²) >= 11 is 1.81. The zero-order valence-corrected chi connectivity index (χ0v) is 12.8. The molecule has 1 unspecified atom stereocenters. The number of hydrogen-bond acceptors (Lipinski definition) is 2. The minimum atomic E-state index is -4.26. The molecule has 0 saturated carbocycles. The quantitative estimate of drug-likeness (QED) is 0.765. The fraction of sp³-hybridized carbons (Fsp3) is 0.600. The van der Waals surface area contributed by atoms with Gasteiger partial charge in [0.25, 0.3) is 0 Å². The van der Waals surface area contributed by atoms with Gasteiger partial charge in [-0.2, -0.15) is 24.9 Å². The van der Waals surface area contributed by atoms with Gasteiger partial charge in [-0.1, -0.05) is 32.0 Å². The van der Waals surface area contributed by atoms with Crippen molar-refractivity contribution in [3.8, 4) is 0 Å². The second-order valence-electron chi connectivity index (χ2n) is 4.71. The first-order chi connectivity index (χ1) is 9.47. The molecule has 1 aromatic carbocycles. The number of halogens is 3. The van der Waals surface area contributed by atoms with Crippen LogP contribution >= 0.6 is 11.8 Å². The second-order valence-corrected chi connectivity index (χ2v) is 6.03. The first-order valence-corrected chi connectivity index (χ1v) is 8.10. The molecule has 1 N–H and O–H groups in total. The Morgan fingerprint density at radius 2 is 2.00 bits per heavy atom. The monoisotopic (exact) mass is 305 g/mol. The van der Waals surface area contributed by atoms with Gasteiger partial charge in [0, 0.05) is 11.8 Å². The van der Waals surface area contributed by atoms with Crippen LogP contribution in [0.4, 0.5) is 13.2 Å². The van der Waals surface area contributed by atoms with E-state index in [1.165, 1.54) is 12.1 Å². The van der Waals surface area contributed by atoms with Crippen LogP contribution in [0.25, 0.3) is 0 Å². The van der Waals surface area contributed by atoms with E-state index >= 15 is 0 Å². The van der Waals surface area contributed by atoms with Crippen molar-refractivity contribution < 1.29 is 13.2 Å². The molecule has 0 saturated heterocycles.